The van der Waals surface area contributed by atoms with Crippen molar-refractivity contribution in [1.82, 2.24) is 0 Å². The molecule has 0 saturated heterocycles. The fraction of sp³-hybridized carbons (Fsp3) is 0.200. The molecule has 0 spiro atoms. The molecule has 0 atom stereocenters. The zero-order valence-electron chi connectivity index (χ0n) is 5.73. The van der Waals surface area contributed by atoms with Crippen molar-refractivity contribution >= 4 is 27.1 Å². The average molecular weight is 193 g/mol. The summed E-state index contributed by atoms with van der Waals surface area (Å²) in [5.41, 5.74) is 5.76. The molecule has 0 amide bonds. The molecule has 0 aromatic carbocycles. The first-order chi connectivity index (χ1) is 4.91. The highest BCUT2D eigenvalue weighted by Gasteiger charge is 2.13. The van der Waals surface area contributed by atoms with Crippen LogP contribution in [-0.2, 0) is 10.1 Å². The van der Waals surface area contributed by atoms with Gasteiger partial charge in [-0.3, -0.25) is 4.55 Å². The van der Waals surface area contributed by atoms with Crippen molar-refractivity contribution in [2.45, 2.75) is 11.1 Å². The number of rotatable bonds is 1. The standard InChI is InChI=1S/C5H7NO3S2/c1-3-4(6)2-5(10-3)11(7,8)9/h2H,6H2,1H3,(H,7,8,9). The first-order valence-electron chi connectivity index (χ1n) is 2.74. The molecule has 0 radical (unpaired) electrons. The van der Waals surface area contributed by atoms with Gasteiger partial charge in [0.15, 0.2) is 0 Å². The third kappa shape index (κ3) is 1.70. The van der Waals surface area contributed by atoms with Gasteiger partial charge in [0, 0.05) is 10.6 Å². The zero-order valence-corrected chi connectivity index (χ0v) is 7.37. The summed E-state index contributed by atoms with van der Waals surface area (Å²) in [6.07, 6.45) is 0. The Bertz CT molecular complexity index is 346. The van der Waals surface area contributed by atoms with Crippen LogP contribution in [0.5, 0.6) is 0 Å². The number of hydrogen-bond acceptors (Lipinski definition) is 4. The van der Waals surface area contributed by atoms with Crippen LogP contribution >= 0.6 is 11.3 Å². The molecule has 1 aromatic rings. The van der Waals surface area contributed by atoms with E-state index < -0.39 is 10.1 Å². The Morgan fingerprint density at radius 1 is 1.64 bits per heavy atom. The van der Waals surface area contributed by atoms with Crippen LogP contribution in [0.2, 0.25) is 0 Å². The molecule has 0 fully saturated rings. The van der Waals surface area contributed by atoms with Gasteiger partial charge < -0.3 is 5.73 Å². The Balaban J connectivity index is 3.29. The Labute approximate surface area is 68.4 Å². The van der Waals surface area contributed by atoms with E-state index in [1.54, 1.807) is 6.92 Å². The molecule has 0 saturated carbocycles. The summed E-state index contributed by atoms with van der Waals surface area (Å²) in [6.45, 7) is 1.69. The number of nitrogen functional groups attached to an aromatic ring is 1. The highest BCUT2D eigenvalue weighted by Crippen LogP contribution is 2.26. The van der Waals surface area contributed by atoms with Crippen LogP contribution < -0.4 is 5.73 Å². The fourth-order valence-electron chi connectivity index (χ4n) is 0.595. The number of nitrogens with two attached hydrogens (primary N) is 1. The lowest BCUT2D eigenvalue weighted by molar-refractivity contribution is 0.485. The van der Waals surface area contributed by atoms with E-state index in [1.807, 2.05) is 0 Å². The van der Waals surface area contributed by atoms with Gasteiger partial charge in [-0.1, -0.05) is 0 Å². The van der Waals surface area contributed by atoms with Gasteiger partial charge in [-0.2, -0.15) is 8.42 Å². The molecule has 0 aliphatic rings. The second-order valence-corrected chi connectivity index (χ2v) is 4.96. The summed E-state index contributed by atoms with van der Waals surface area (Å²) in [5.74, 6) is 0. The SMILES string of the molecule is Cc1sc(S(=O)(=O)O)cc1N. The Morgan fingerprint density at radius 2 is 2.18 bits per heavy atom. The lowest BCUT2D eigenvalue weighted by Gasteiger charge is -1.85. The normalized spacial score (nSPS) is 11.8. The molecule has 0 bridgehead atoms. The third-order valence-electron chi connectivity index (χ3n) is 1.19. The predicted molar refractivity (Wildman–Crippen MR) is 43.3 cm³/mol. The molecular weight excluding hydrogens is 186 g/mol. The molecule has 3 N–H and O–H groups in total. The molecule has 0 unspecified atom stereocenters. The average Bonchev–Trinajstić information content (AvgIpc) is 2.11. The minimum absolute atomic E-state index is 0.104. The van der Waals surface area contributed by atoms with Crippen LogP contribution in [-0.4, -0.2) is 13.0 Å². The predicted octanol–water partition coefficient (Wildman–Crippen LogP) is 0.885. The van der Waals surface area contributed by atoms with Gasteiger partial charge in [-0.15, -0.1) is 11.3 Å². The van der Waals surface area contributed by atoms with E-state index >= 15 is 0 Å². The van der Waals surface area contributed by atoms with Crippen molar-refractivity contribution in [1.29, 1.82) is 0 Å². The van der Waals surface area contributed by atoms with E-state index in [0.29, 0.717) is 10.6 Å². The van der Waals surface area contributed by atoms with Crippen LogP contribution in [0.3, 0.4) is 0 Å². The van der Waals surface area contributed by atoms with Gasteiger partial charge in [0.25, 0.3) is 0 Å². The molecule has 1 rings (SSSR count). The molecule has 6 heteroatoms. The first-order valence-corrected chi connectivity index (χ1v) is 5.00. The maximum atomic E-state index is 10.5. The summed E-state index contributed by atoms with van der Waals surface area (Å²) in [4.78, 5) is 0.692. The zero-order chi connectivity index (χ0) is 8.65. The summed E-state index contributed by atoms with van der Waals surface area (Å²) < 4.78 is 29.5. The van der Waals surface area contributed by atoms with Crippen LogP contribution in [0.25, 0.3) is 0 Å². The van der Waals surface area contributed by atoms with E-state index in [2.05, 4.69) is 0 Å². The first kappa shape index (κ1) is 8.51. The van der Waals surface area contributed by atoms with E-state index in [9.17, 15) is 8.42 Å². The lowest BCUT2D eigenvalue weighted by atomic mass is 10.4. The van der Waals surface area contributed by atoms with Crippen LogP contribution in [0.15, 0.2) is 10.3 Å². The molecule has 4 nitrogen and oxygen atoms in total. The van der Waals surface area contributed by atoms with Gasteiger partial charge in [0.1, 0.15) is 4.21 Å². The second kappa shape index (κ2) is 2.47. The molecule has 1 aromatic heterocycles. The van der Waals surface area contributed by atoms with Gasteiger partial charge in [-0.05, 0) is 13.0 Å². The van der Waals surface area contributed by atoms with E-state index in [1.165, 1.54) is 6.07 Å². The van der Waals surface area contributed by atoms with E-state index in [-0.39, 0.29) is 4.21 Å². The molecule has 1 heterocycles. The van der Waals surface area contributed by atoms with E-state index in [0.717, 1.165) is 11.3 Å². The highest BCUT2D eigenvalue weighted by molar-refractivity contribution is 7.88. The topological polar surface area (TPSA) is 80.4 Å². The molecule has 0 aliphatic heterocycles. The maximum absolute atomic E-state index is 10.5. The summed E-state index contributed by atoms with van der Waals surface area (Å²) in [7, 11) is -4.07. The Morgan fingerprint density at radius 3 is 2.36 bits per heavy atom. The minimum Gasteiger partial charge on any atom is -0.398 e. The van der Waals surface area contributed by atoms with Crippen molar-refractivity contribution in [2.75, 3.05) is 5.73 Å². The van der Waals surface area contributed by atoms with Crippen molar-refractivity contribution in [3.63, 3.8) is 0 Å². The molecule has 0 aliphatic carbocycles. The number of thiophene rings is 1. The van der Waals surface area contributed by atoms with Gasteiger partial charge in [0.05, 0.1) is 0 Å². The van der Waals surface area contributed by atoms with Crippen molar-refractivity contribution < 1.29 is 13.0 Å². The minimum atomic E-state index is -4.07. The number of hydrogen-bond donors (Lipinski definition) is 2. The Kier molecular flexibility index (Phi) is 1.91. The Hall–Kier alpha value is -0.590. The van der Waals surface area contributed by atoms with Crippen molar-refractivity contribution in [3.05, 3.63) is 10.9 Å². The van der Waals surface area contributed by atoms with Gasteiger partial charge in [-0.25, -0.2) is 0 Å². The van der Waals surface area contributed by atoms with Crippen molar-refractivity contribution in [2.24, 2.45) is 0 Å². The summed E-state index contributed by atoms with van der Waals surface area (Å²) >= 11 is 0.958. The maximum Gasteiger partial charge on any atom is 0.304 e. The summed E-state index contributed by atoms with van der Waals surface area (Å²) in [6, 6.07) is 1.25. The highest BCUT2D eigenvalue weighted by atomic mass is 32.3. The van der Waals surface area contributed by atoms with Gasteiger partial charge >= 0.3 is 10.1 Å². The monoisotopic (exact) mass is 193 g/mol. The molecule has 62 valence electrons. The number of anilines is 1. The molecular formula is C5H7NO3S2. The van der Waals surface area contributed by atoms with Gasteiger partial charge in [0.2, 0.25) is 0 Å². The third-order valence-corrected chi connectivity index (χ3v) is 3.56. The van der Waals surface area contributed by atoms with Crippen LogP contribution in [0.4, 0.5) is 5.69 Å². The van der Waals surface area contributed by atoms with Crippen molar-refractivity contribution in [3.8, 4) is 0 Å². The molecule has 11 heavy (non-hydrogen) atoms. The number of aryl methyl sites for hydroxylation is 1. The lowest BCUT2D eigenvalue weighted by Crippen LogP contribution is -1.93. The van der Waals surface area contributed by atoms with Crippen LogP contribution in [0.1, 0.15) is 4.88 Å². The second-order valence-electron chi connectivity index (χ2n) is 2.05. The largest absolute Gasteiger partial charge is 0.398 e. The quantitative estimate of drug-likeness (QED) is 0.649. The van der Waals surface area contributed by atoms with E-state index in [4.69, 9.17) is 10.3 Å². The fourth-order valence-corrected chi connectivity index (χ4v) is 2.33. The summed E-state index contributed by atoms with van der Waals surface area (Å²) in [5, 5.41) is 0. The van der Waals surface area contributed by atoms with Crippen LogP contribution in [0, 0.1) is 6.92 Å². The smallest absolute Gasteiger partial charge is 0.304 e.